The Morgan fingerprint density at radius 3 is 2.53 bits per heavy atom. The molecule has 1 N–H and O–H groups in total. The normalized spacial score (nSPS) is 26.6. The first-order valence-corrected chi connectivity index (χ1v) is 4.39. The van der Waals surface area contributed by atoms with Crippen molar-refractivity contribution in [3.8, 4) is 0 Å². The summed E-state index contributed by atoms with van der Waals surface area (Å²) >= 11 is 0. The van der Waals surface area contributed by atoms with Crippen LogP contribution in [-0.4, -0.2) is 60.5 Å². The molecule has 0 aromatic carbocycles. The van der Waals surface area contributed by atoms with Crippen LogP contribution in [0, 0.1) is 0 Å². The van der Waals surface area contributed by atoms with Gasteiger partial charge in [0.05, 0.1) is 13.7 Å². The zero-order valence-electron chi connectivity index (χ0n) is 8.89. The van der Waals surface area contributed by atoms with Crippen LogP contribution in [0.15, 0.2) is 0 Å². The molecule has 1 rings (SSSR count). The molecule has 0 bridgehead atoms. The first kappa shape index (κ1) is 11.9. The second kappa shape index (κ2) is 4.13. The van der Waals surface area contributed by atoms with Gasteiger partial charge in [-0.25, -0.2) is 4.79 Å². The van der Waals surface area contributed by atoms with Gasteiger partial charge in [0, 0.05) is 20.5 Å². The summed E-state index contributed by atoms with van der Waals surface area (Å²) in [5.41, 5.74) is -1.77. The molecule has 1 amide bonds. The van der Waals surface area contributed by atoms with Gasteiger partial charge < -0.3 is 10.0 Å². The number of carboxylic acid groups (broad SMARTS) is 1. The highest BCUT2D eigenvalue weighted by Gasteiger charge is 2.57. The summed E-state index contributed by atoms with van der Waals surface area (Å²) in [6.45, 7) is 0.139. The van der Waals surface area contributed by atoms with Gasteiger partial charge in [-0.2, -0.15) is 0 Å². The van der Waals surface area contributed by atoms with E-state index in [9.17, 15) is 9.59 Å². The van der Waals surface area contributed by atoms with Gasteiger partial charge in [-0.1, -0.05) is 0 Å². The minimum absolute atomic E-state index is 0.0627. The van der Waals surface area contributed by atoms with Gasteiger partial charge in [0.15, 0.2) is 0 Å². The Kier molecular flexibility index (Phi) is 3.28. The Bertz CT molecular complexity index is 280. The van der Waals surface area contributed by atoms with Crippen LogP contribution < -0.4 is 0 Å². The molecule has 1 aliphatic heterocycles. The summed E-state index contributed by atoms with van der Waals surface area (Å²) in [5, 5.41) is 9.88. The lowest BCUT2D eigenvalue weighted by atomic mass is 9.96. The van der Waals surface area contributed by atoms with Gasteiger partial charge in [-0.15, -0.1) is 0 Å². The van der Waals surface area contributed by atoms with Crippen molar-refractivity contribution in [2.24, 2.45) is 0 Å². The van der Waals surface area contributed by atoms with Crippen LogP contribution in [-0.2, 0) is 19.3 Å². The van der Waals surface area contributed by atoms with Crippen LogP contribution in [0.25, 0.3) is 0 Å². The summed E-state index contributed by atoms with van der Waals surface area (Å²) < 4.78 is 0. The first-order chi connectivity index (χ1) is 6.96. The number of hydroxylamine groups is 2. The molecule has 0 saturated carbocycles. The molecule has 1 unspecified atom stereocenters. The van der Waals surface area contributed by atoms with E-state index >= 15 is 0 Å². The SMILES string of the molecule is CON1OCCC1(C(=O)O)C(=O)N(C)C. The van der Waals surface area contributed by atoms with Crippen LogP contribution in [0.2, 0.25) is 0 Å². The number of carbonyl (C=O) groups is 2. The Morgan fingerprint density at radius 1 is 1.53 bits per heavy atom. The molecule has 0 aliphatic carbocycles. The fraction of sp³-hybridized carbons (Fsp3) is 0.750. The number of carbonyl (C=O) groups excluding carboxylic acids is 1. The molecule has 1 fully saturated rings. The largest absolute Gasteiger partial charge is 0.479 e. The van der Waals surface area contributed by atoms with Crippen molar-refractivity contribution in [2.45, 2.75) is 12.0 Å². The fourth-order valence-electron chi connectivity index (χ4n) is 1.52. The number of amides is 1. The Hall–Kier alpha value is -1.18. The predicted molar refractivity (Wildman–Crippen MR) is 48.5 cm³/mol. The molecular weight excluding hydrogens is 204 g/mol. The molecule has 7 heteroatoms. The molecule has 86 valence electrons. The third-order valence-electron chi connectivity index (χ3n) is 2.26. The topological polar surface area (TPSA) is 79.3 Å². The molecule has 15 heavy (non-hydrogen) atoms. The number of nitrogens with zero attached hydrogens (tertiary/aromatic N) is 2. The zero-order valence-corrected chi connectivity index (χ0v) is 8.89. The summed E-state index contributed by atoms with van der Waals surface area (Å²) in [5.74, 6) is -1.85. The van der Waals surface area contributed by atoms with E-state index in [0.717, 1.165) is 5.23 Å². The van der Waals surface area contributed by atoms with Crippen LogP contribution in [0.3, 0.4) is 0 Å². The molecule has 0 aromatic rings. The van der Waals surface area contributed by atoms with Crippen molar-refractivity contribution in [3.63, 3.8) is 0 Å². The van der Waals surface area contributed by atoms with E-state index in [1.165, 1.54) is 26.1 Å². The Morgan fingerprint density at radius 2 is 2.13 bits per heavy atom. The maximum atomic E-state index is 11.8. The van der Waals surface area contributed by atoms with E-state index in [0.29, 0.717) is 0 Å². The van der Waals surface area contributed by atoms with Gasteiger partial charge in [0.2, 0.25) is 5.54 Å². The van der Waals surface area contributed by atoms with Crippen LogP contribution in [0.1, 0.15) is 6.42 Å². The van der Waals surface area contributed by atoms with Crippen molar-refractivity contribution in [2.75, 3.05) is 27.8 Å². The lowest BCUT2D eigenvalue weighted by Gasteiger charge is -2.30. The Balaban J connectivity index is 3.08. The van der Waals surface area contributed by atoms with Gasteiger partial charge >= 0.3 is 5.97 Å². The summed E-state index contributed by atoms with van der Waals surface area (Å²) in [6, 6.07) is 0. The number of hydrogen-bond donors (Lipinski definition) is 1. The highest BCUT2D eigenvalue weighted by atomic mass is 17.0. The standard InChI is InChI=1S/C8H14N2O5/c1-9(2)6(11)8(7(12)13)4-5-15-10(8)14-3/h4-5H2,1-3H3,(H,12,13). The van der Waals surface area contributed by atoms with E-state index in [4.69, 9.17) is 14.8 Å². The maximum absolute atomic E-state index is 11.8. The molecular formula is C8H14N2O5. The second-order valence-corrected chi connectivity index (χ2v) is 3.39. The number of rotatable bonds is 3. The average molecular weight is 218 g/mol. The molecule has 0 aromatic heterocycles. The highest BCUT2D eigenvalue weighted by molar-refractivity contribution is 6.06. The van der Waals surface area contributed by atoms with E-state index < -0.39 is 17.4 Å². The average Bonchev–Trinajstić information content (AvgIpc) is 2.60. The molecule has 1 atom stereocenters. The number of aliphatic carboxylic acids is 1. The van der Waals surface area contributed by atoms with Crippen LogP contribution in [0.4, 0.5) is 0 Å². The molecule has 7 nitrogen and oxygen atoms in total. The van der Waals surface area contributed by atoms with Crippen LogP contribution in [0.5, 0.6) is 0 Å². The quantitative estimate of drug-likeness (QED) is 0.618. The highest BCUT2D eigenvalue weighted by Crippen LogP contribution is 2.29. The Labute approximate surface area is 87.1 Å². The molecule has 0 spiro atoms. The third kappa shape index (κ3) is 1.69. The number of hydrogen-bond acceptors (Lipinski definition) is 5. The maximum Gasteiger partial charge on any atom is 0.339 e. The van der Waals surface area contributed by atoms with Gasteiger partial charge in [-0.3, -0.25) is 14.5 Å². The smallest absolute Gasteiger partial charge is 0.339 e. The van der Waals surface area contributed by atoms with E-state index in [2.05, 4.69) is 0 Å². The zero-order chi connectivity index (χ0) is 11.6. The minimum Gasteiger partial charge on any atom is -0.479 e. The molecule has 1 saturated heterocycles. The monoisotopic (exact) mass is 218 g/mol. The van der Waals surface area contributed by atoms with Gasteiger partial charge in [0.25, 0.3) is 5.91 Å². The lowest BCUT2D eigenvalue weighted by Crippen LogP contribution is -2.59. The third-order valence-corrected chi connectivity index (χ3v) is 2.26. The number of likely N-dealkylation sites (N-methyl/N-ethyl adjacent to an activating group) is 1. The molecule has 0 radical (unpaired) electrons. The summed E-state index contributed by atoms with van der Waals surface area (Å²) in [4.78, 5) is 33.9. The second-order valence-electron chi connectivity index (χ2n) is 3.39. The van der Waals surface area contributed by atoms with Crippen molar-refractivity contribution in [1.82, 2.24) is 10.1 Å². The van der Waals surface area contributed by atoms with Gasteiger partial charge in [0.1, 0.15) is 0 Å². The fourth-order valence-corrected chi connectivity index (χ4v) is 1.52. The summed E-state index contributed by atoms with van der Waals surface area (Å²) in [6.07, 6.45) is 0.0627. The summed E-state index contributed by atoms with van der Waals surface area (Å²) in [7, 11) is 4.23. The van der Waals surface area contributed by atoms with Gasteiger partial charge in [-0.05, 0) is 5.23 Å². The lowest BCUT2D eigenvalue weighted by molar-refractivity contribution is -0.356. The van der Waals surface area contributed by atoms with E-state index in [-0.39, 0.29) is 13.0 Å². The van der Waals surface area contributed by atoms with E-state index in [1.807, 2.05) is 0 Å². The van der Waals surface area contributed by atoms with Crippen LogP contribution >= 0.6 is 0 Å². The van der Waals surface area contributed by atoms with Crippen molar-refractivity contribution < 1.29 is 24.4 Å². The predicted octanol–water partition coefficient (Wildman–Crippen LogP) is -0.903. The first-order valence-electron chi connectivity index (χ1n) is 4.39. The number of carboxylic acids is 1. The minimum atomic E-state index is -1.77. The van der Waals surface area contributed by atoms with E-state index in [1.54, 1.807) is 0 Å². The molecule has 1 aliphatic rings. The van der Waals surface area contributed by atoms with Crippen molar-refractivity contribution in [3.05, 3.63) is 0 Å². The van der Waals surface area contributed by atoms with Crippen molar-refractivity contribution in [1.29, 1.82) is 0 Å². The van der Waals surface area contributed by atoms with Crippen molar-refractivity contribution >= 4 is 11.9 Å². The molecule has 1 heterocycles.